The molecule has 2 aromatic carbocycles. The van der Waals surface area contributed by atoms with Crippen LogP contribution in [0.5, 0.6) is 0 Å². The van der Waals surface area contributed by atoms with Gasteiger partial charge in [-0.15, -0.1) is 0 Å². The third-order valence-electron chi connectivity index (χ3n) is 4.65. The van der Waals surface area contributed by atoms with Gasteiger partial charge in [0.25, 0.3) is 5.91 Å². The Hall–Kier alpha value is -3.34. The first-order valence-electron chi connectivity index (χ1n) is 8.45. The predicted molar refractivity (Wildman–Crippen MR) is 102 cm³/mol. The Balaban J connectivity index is 1.59. The Morgan fingerprint density at radius 1 is 1.00 bits per heavy atom. The highest BCUT2D eigenvalue weighted by Gasteiger charge is 2.18. The van der Waals surface area contributed by atoms with E-state index in [9.17, 15) is 4.79 Å². The third kappa shape index (κ3) is 2.67. The van der Waals surface area contributed by atoms with Crippen LogP contribution in [0.25, 0.3) is 16.7 Å². The number of anilines is 1. The van der Waals surface area contributed by atoms with Crippen molar-refractivity contribution in [2.24, 2.45) is 0 Å². The quantitative estimate of drug-likeness (QED) is 0.580. The van der Waals surface area contributed by atoms with Gasteiger partial charge in [0.1, 0.15) is 17.8 Å². The van der Waals surface area contributed by atoms with E-state index in [1.54, 1.807) is 6.33 Å². The first kappa shape index (κ1) is 16.1. The maximum absolute atomic E-state index is 12.6. The minimum Gasteiger partial charge on any atom is -0.466 e. The SMILES string of the molecule is Cc1oc(C)c(C(=O)Nc2ccc(-n3cnc4ccccc43)cc2)c1C. The molecule has 0 unspecified atom stereocenters. The molecule has 2 aromatic heterocycles. The number of aromatic nitrogens is 2. The molecule has 5 heteroatoms. The molecule has 26 heavy (non-hydrogen) atoms. The minimum atomic E-state index is -0.155. The zero-order valence-corrected chi connectivity index (χ0v) is 14.9. The molecular weight excluding hydrogens is 326 g/mol. The van der Waals surface area contributed by atoms with Crippen LogP contribution in [0.1, 0.15) is 27.4 Å². The molecule has 5 nitrogen and oxygen atoms in total. The summed E-state index contributed by atoms with van der Waals surface area (Å²) < 4.78 is 7.56. The fourth-order valence-corrected chi connectivity index (χ4v) is 3.19. The number of carbonyl (C=O) groups excluding carboxylic acids is 1. The van der Waals surface area contributed by atoms with Gasteiger partial charge in [-0.3, -0.25) is 9.36 Å². The van der Waals surface area contributed by atoms with Crippen molar-refractivity contribution in [3.05, 3.63) is 77.5 Å². The van der Waals surface area contributed by atoms with Crippen LogP contribution in [0.4, 0.5) is 5.69 Å². The number of imidazole rings is 1. The summed E-state index contributed by atoms with van der Waals surface area (Å²) in [7, 11) is 0. The van der Waals surface area contributed by atoms with Gasteiger partial charge in [-0.25, -0.2) is 4.98 Å². The molecule has 1 amide bonds. The number of hydrogen-bond acceptors (Lipinski definition) is 3. The van der Waals surface area contributed by atoms with E-state index in [0.29, 0.717) is 11.3 Å². The Morgan fingerprint density at radius 2 is 1.73 bits per heavy atom. The molecule has 0 aliphatic rings. The highest BCUT2D eigenvalue weighted by Crippen LogP contribution is 2.23. The first-order chi connectivity index (χ1) is 12.5. The van der Waals surface area contributed by atoms with E-state index < -0.39 is 0 Å². The van der Waals surface area contributed by atoms with Crippen LogP contribution in [0.15, 0.2) is 59.3 Å². The van der Waals surface area contributed by atoms with Gasteiger partial charge >= 0.3 is 0 Å². The maximum Gasteiger partial charge on any atom is 0.259 e. The van der Waals surface area contributed by atoms with Crippen molar-refractivity contribution >= 4 is 22.6 Å². The van der Waals surface area contributed by atoms with Crippen LogP contribution in [-0.2, 0) is 0 Å². The van der Waals surface area contributed by atoms with Gasteiger partial charge in [-0.1, -0.05) is 12.1 Å². The molecule has 0 spiro atoms. The van der Waals surface area contributed by atoms with Crippen molar-refractivity contribution < 1.29 is 9.21 Å². The molecule has 0 aliphatic heterocycles. The second kappa shape index (κ2) is 6.19. The number of para-hydroxylation sites is 2. The van der Waals surface area contributed by atoms with Crippen LogP contribution >= 0.6 is 0 Å². The summed E-state index contributed by atoms with van der Waals surface area (Å²) in [6.07, 6.45) is 1.80. The maximum atomic E-state index is 12.6. The Bertz CT molecular complexity index is 1100. The summed E-state index contributed by atoms with van der Waals surface area (Å²) in [5, 5.41) is 2.94. The second-order valence-corrected chi connectivity index (χ2v) is 6.32. The lowest BCUT2D eigenvalue weighted by molar-refractivity contribution is 0.102. The molecule has 0 aliphatic carbocycles. The Kier molecular flexibility index (Phi) is 3.84. The Labute approximate surface area is 151 Å². The lowest BCUT2D eigenvalue weighted by atomic mass is 10.1. The van der Waals surface area contributed by atoms with Crippen molar-refractivity contribution in [2.45, 2.75) is 20.8 Å². The number of rotatable bonds is 3. The molecule has 0 bridgehead atoms. The van der Waals surface area contributed by atoms with Gasteiger partial charge in [0, 0.05) is 16.9 Å². The smallest absolute Gasteiger partial charge is 0.259 e. The monoisotopic (exact) mass is 345 g/mol. The molecule has 0 radical (unpaired) electrons. The van der Waals surface area contributed by atoms with Crippen molar-refractivity contribution in [3.63, 3.8) is 0 Å². The van der Waals surface area contributed by atoms with Crippen molar-refractivity contribution in [1.29, 1.82) is 0 Å². The summed E-state index contributed by atoms with van der Waals surface area (Å²) in [5.41, 5.74) is 5.20. The second-order valence-electron chi connectivity index (χ2n) is 6.32. The van der Waals surface area contributed by atoms with Gasteiger partial charge in [-0.05, 0) is 57.2 Å². The van der Waals surface area contributed by atoms with Crippen LogP contribution in [0, 0.1) is 20.8 Å². The average molecular weight is 345 g/mol. The van der Waals surface area contributed by atoms with Crippen molar-refractivity contribution in [3.8, 4) is 5.69 Å². The molecule has 0 fully saturated rings. The number of furan rings is 1. The van der Waals surface area contributed by atoms with Gasteiger partial charge in [0.2, 0.25) is 0 Å². The summed E-state index contributed by atoms with van der Waals surface area (Å²) in [5.74, 6) is 1.26. The topological polar surface area (TPSA) is 60.1 Å². The van der Waals surface area contributed by atoms with E-state index in [-0.39, 0.29) is 5.91 Å². The molecule has 0 saturated carbocycles. The Morgan fingerprint density at radius 3 is 2.42 bits per heavy atom. The van der Waals surface area contributed by atoms with Crippen molar-refractivity contribution in [1.82, 2.24) is 9.55 Å². The average Bonchev–Trinajstić information content (AvgIpc) is 3.16. The first-order valence-corrected chi connectivity index (χ1v) is 8.45. The highest BCUT2D eigenvalue weighted by atomic mass is 16.3. The largest absolute Gasteiger partial charge is 0.466 e. The molecular formula is C21H19N3O2. The van der Waals surface area contributed by atoms with Gasteiger partial charge in [0.15, 0.2) is 0 Å². The lowest BCUT2D eigenvalue weighted by Gasteiger charge is -2.08. The number of carbonyl (C=O) groups is 1. The molecule has 0 atom stereocenters. The van der Waals surface area contributed by atoms with E-state index in [1.807, 2.05) is 73.9 Å². The number of amides is 1. The van der Waals surface area contributed by atoms with Crippen LogP contribution in [-0.4, -0.2) is 15.5 Å². The summed E-state index contributed by atoms with van der Waals surface area (Å²) in [6.45, 7) is 5.57. The molecule has 130 valence electrons. The number of aryl methyl sites for hydroxylation is 2. The van der Waals surface area contributed by atoms with Crippen LogP contribution < -0.4 is 5.32 Å². The van der Waals surface area contributed by atoms with E-state index in [4.69, 9.17) is 4.42 Å². The summed E-state index contributed by atoms with van der Waals surface area (Å²) >= 11 is 0. The van der Waals surface area contributed by atoms with Gasteiger partial charge in [0.05, 0.1) is 16.6 Å². The minimum absolute atomic E-state index is 0.155. The lowest BCUT2D eigenvalue weighted by Crippen LogP contribution is -2.13. The highest BCUT2D eigenvalue weighted by molar-refractivity contribution is 6.06. The molecule has 4 rings (SSSR count). The predicted octanol–water partition coefficient (Wildman–Crippen LogP) is 4.80. The van der Waals surface area contributed by atoms with E-state index in [1.165, 1.54) is 0 Å². The third-order valence-corrected chi connectivity index (χ3v) is 4.65. The van der Waals surface area contributed by atoms with Crippen molar-refractivity contribution in [2.75, 3.05) is 5.32 Å². The number of nitrogens with one attached hydrogen (secondary N) is 1. The summed E-state index contributed by atoms with van der Waals surface area (Å²) in [6, 6.07) is 15.7. The fraction of sp³-hybridized carbons (Fsp3) is 0.143. The van der Waals surface area contributed by atoms with Crippen LogP contribution in [0.3, 0.4) is 0 Å². The van der Waals surface area contributed by atoms with E-state index >= 15 is 0 Å². The standard InChI is InChI=1S/C21H19N3O2/c1-13-14(2)26-15(3)20(13)21(25)23-16-8-10-17(11-9-16)24-12-22-18-6-4-5-7-19(18)24/h4-12H,1-3H3,(H,23,25). The molecule has 4 aromatic rings. The van der Waals surface area contributed by atoms with Crippen LogP contribution in [0.2, 0.25) is 0 Å². The molecule has 2 heterocycles. The van der Waals surface area contributed by atoms with Gasteiger partial charge in [-0.2, -0.15) is 0 Å². The van der Waals surface area contributed by atoms with E-state index in [0.717, 1.165) is 33.7 Å². The zero-order chi connectivity index (χ0) is 18.3. The zero-order valence-electron chi connectivity index (χ0n) is 14.9. The number of benzene rings is 2. The molecule has 1 N–H and O–H groups in total. The fourth-order valence-electron chi connectivity index (χ4n) is 3.19. The number of hydrogen-bond donors (Lipinski definition) is 1. The van der Waals surface area contributed by atoms with E-state index in [2.05, 4.69) is 10.3 Å². The molecule has 0 saturated heterocycles. The number of fused-ring (bicyclic) bond motifs is 1. The summed E-state index contributed by atoms with van der Waals surface area (Å²) in [4.78, 5) is 17.0. The van der Waals surface area contributed by atoms with Gasteiger partial charge < -0.3 is 9.73 Å². The normalized spacial score (nSPS) is 11.0. The number of nitrogens with zero attached hydrogens (tertiary/aromatic N) is 2.